The van der Waals surface area contributed by atoms with Gasteiger partial charge in [-0.3, -0.25) is 33.6 Å². The van der Waals surface area contributed by atoms with Crippen molar-refractivity contribution < 1.29 is 33.6 Å². The second kappa shape index (κ2) is 20.5. The number of hydrogen-bond acceptors (Lipinski definition) is 8. The fourth-order valence-electron chi connectivity index (χ4n) is 9.34. The van der Waals surface area contributed by atoms with Gasteiger partial charge in [0.1, 0.15) is 17.3 Å². The molecule has 0 bridgehead atoms. The Morgan fingerprint density at radius 3 is 1.17 bits per heavy atom. The highest BCUT2D eigenvalue weighted by molar-refractivity contribution is 5.84. The Labute approximate surface area is 316 Å². The van der Waals surface area contributed by atoms with Crippen LogP contribution in [0.4, 0.5) is 0 Å². The maximum atomic E-state index is 12.8. The summed E-state index contributed by atoms with van der Waals surface area (Å²) in [6, 6.07) is 0.351. The molecule has 5 N–H and O–H groups in total. The predicted octanol–water partition coefficient (Wildman–Crippen LogP) is 3.93. The van der Waals surface area contributed by atoms with E-state index in [1.165, 1.54) is 0 Å². The average Bonchev–Trinajstić information content (AvgIpc) is 3.92. The Balaban J connectivity index is 1.00. The molecule has 4 fully saturated rings. The highest BCUT2D eigenvalue weighted by atomic mass is 16.2. The molecule has 0 aliphatic heterocycles. The first kappa shape index (κ1) is 42.6. The van der Waals surface area contributed by atoms with E-state index in [1.54, 1.807) is 7.05 Å². The third-order valence-electron chi connectivity index (χ3n) is 12.1. The first-order valence-corrected chi connectivity index (χ1v) is 20.6. The van der Waals surface area contributed by atoms with Crippen molar-refractivity contribution in [1.29, 1.82) is 0 Å². The molecule has 12 nitrogen and oxygen atoms in total. The summed E-state index contributed by atoms with van der Waals surface area (Å²) >= 11 is 0. The zero-order valence-electron chi connectivity index (χ0n) is 32.8. The van der Waals surface area contributed by atoms with E-state index < -0.39 is 0 Å². The third-order valence-corrected chi connectivity index (χ3v) is 12.1. The molecular weight excluding hydrogens is 674 g/mol. The Morgan fingerprint density at radius 1 is 0.472 bits per heavy atom. The molecule has 0 aromatic rings. The summed E-state index contributed by atoms with van der Waals surface area (Å²) in [7, 11) is 1.64. The van der Waals surface area contributed by atoms with Gasteiger partial charge in [-0.15, -0.1) is 0 Å². The highest BCUT2D eigenvalue weighted by Crippen LogP contribution is 2.36. The van der Waals surface area contributed by atoms with Crippen molar-refractivity contribution in [1.82, 2.24) is 26.6 Å². The van der Waals surface area contributed by atoms with Crippen molar-refractivity contribution in [2.45, 2.75) is 148 Å². The molecule has 0 aromatic carbocycles. The van der Waals surface area contributed by atoms with Gasteiger partial charge in [0.15, 0.2) is 0 Å². The fraction of sp³-hybridized carbons (Fsp3) is 0.829. The second-order valence-corrected chi connectivity index (χ2v) is 17.7. The van der Waals surface area contributed by atoms with Crippen molar-refractivity contribution in [2.75, 3.05) is 26.7 Å². The van der Waals surface area contributed by atoms with Crippen molar-refractivity contribution in [3.8, 4) is 0 Å². The summed E-state index contributed by atoms with van der Waals surface area (Å²) in [6.45, 7) is 7.37. The van der Waals surface area contributed by atoms with Gasteiger partial charge in [0, 0.05) is 100 Å². The molecule has 8 atom stereocenters. The van der Waals surface area contributed by atoms with Gasteiger partial charge in [0.25, 0.3) is 0 Å². The lowest BCUT2D eigenvalue weighted by Gasteiger charge is -2.25. The Morgan fingerprint density at radius 2 is 0.811 bits per heavy atom. The summed E-state index contributed by atoms with van der Waals surface area (Å²) in [4.78, 5) is 87.8. The van der Waals surface area contributed by atoms with Crippen molar-refractivity contribution >= 4 is 41.0 Å². The monoisotopic (exact) mass is 742 g/mol. The van der Waals surface area contributed by atoms with Gasteiger partial charge in [0.2, 0.25) is 23.6 Å². The van der Waals surface area contributed by atoms with Crippen LogP contribution in [0, 0.1) is 41.4 Å². The quantitative estimate of drug-likeness (QED) is 0.125. The van der Waals surface area contributed by atoms with Crippen LogP contribution in [0.1, 0.15) is 136 Å². The van der Waals surface area contributed by atoms with Crippen LogP contribution >= 0.6 is 0 Å². The van der Waals surface area contributed by atoms with Gasteiger partial charge in [-0.05, 0) is 116 Å². The lowest BCUT2D eigenvalue weighted by atomic mass is 9.97. The van der Waals surface area contributed by atoms with Crippen LogP contribution in [0.3, 0.4) is 0 Å². The predicted molar refractivity (Wildman–Crippen MR) is 202 cm³/mol. The zero-order valence-corrected chi connectivity index (χ0v) is 32.8. The smallest absolute Gasteiger partial charge is 0.223 e. The van der Waals surface area contributed by atoms with Crippen LogP contribution in [0.25, 0.3) is 0 Å². The van der Waals surface area contributed by atoms with Crippen LogP contribution in [-0.2, 0) is 33.6 Å². The number of hydrogen-bond donors (Lipinski definition) is 5. The molecule has 4 rings (SSSR count). The number of amides is 4. The first-order valence-electron chi connectivity index (χ1n) is 20.6. The van der Waals surface area contributed by atoms with E-state index in [4.69, 9.17) is 0 Å². The Kier molecular flexibility index (Phi) is 16.5. The topological polar surface area (TPSA) is 180 Å². The summed E-state index contributed by atoms with van der Waals surface area (Å²) in [5.41, 5.74) is 0.0236. The zero-order chi connectivity index (χ0) is 38.5. The second-order valence-electron chi connectivity index (χ2n) is 17.7. The molecule has 0 aromatic heterocycles. The maximum absolute atomic E-state index is 12.8. The van der Waals surface area contributed by atoms with E-state index in [1.807, 2.05) is 0 Å². The summed E-state index contributed by atoms with van der Waals surface area (Å²) < 4.78 is 0. The normalized spacial score (nSPS) is 28.4. The fourth-order valence-corrected chi connectivity index (χ4v) is 9.34. The van der Waals surface area contributed by atoms with Crippen LogP contribution in [-0.4, -0.2) is 79.2 Å². The van der Waals surface area contributed by atoms with Crippen LogP contribution in [0.2, 0.25) is 0 Å². The molecule has 0 saturated heterocycles. The van der Waals surface area contributed by atoms with E-state index in [0.717, 1.165) is 64.2 Å². The SMILES string of the molecule is CNC(=O)C1CCC(CC(=O)CCNC(=O)C2CCC(CC(=O)CCNC(=O)C3CCC(CC(=O)CCNC(=O)C4CCC(NC(C)(C)C)C4)C3)C2)C1. The molecule has 0 spiro atoms. The van der Waals surface area contributed by atoms with Gasteiger partial charge in [-0.25, -0.2) is 0 Å². The first-order chi connectivity index (χ1) is 25.2. The number of ketones is 3. The summed E-state index contributed by atoms with van der Waals surface area (Å²) in [6.07, 6.45) is 11.7. The number of carbonyl (C=O) groups excluding carboxylic acids is 7. The van der Waals surface area contributed by atoms with Gasteiger partial charge < -0.3 is 26.6 Å². The minimum absolute atomic E-state index is 0.000458. The van der Waals surface area contributed by atoms with Crippen molar-refractivity contribution in [3.63, 3.8) is 0 Å². The van der Waals surface area contributed by atoms with E-state index in [9.17, 15) is 33.6 Å². The highest BCUT2D eigenvalue weighted by Gasteiger charge is 2.34. The molecule has 4 aliphatic rings. The molecule has 8 unspecified atom stereocenters. The molecule has 53 heavy (non-hydrogen) atoms. The van der Waals surface area contributed by atoms with E-state index >= 15 is 0 Å². The molecular formula is C41H67N5O7. The number of Topliss-reactive ketones (excluding diaryl/α,β-unsaturated/α-hetero) is 3. The largest absolute Gasteiger partial charge is 0.359 e. The lowest BCUT2D eigenvalue weighted by molar-refractivity contribution is -0.127. The van der Waals surface area contributed by atoms with Gasteiger partial charge >= 0.3 is 0 Å². The van der Waals surface area contributed by atoms with Crippen LogP contribution in [0.15, 0.2) is 0 Å². The molecule has 4 aliphatic carbocycles. The Bertz CT molecular complexity index is 1310. The van der Waals surface area contributed by atoms with Crippen molar-refractivity contribution in [2.24, 2.45) is 41.4 Å². The third kappa shape index (κ3) is 14.5. The molecule has 12 heteroatoms. The number of nitrogens with one attached hydrogen (secondary N) is 5. The number of carbonyl (C=O) groups is 7. The molecule has 298 valence electrons. The molecule has 4 amide bonds. The van der Waals surface area contributed by atoms with Crippen molar-refractivity contribution in [3.05, 3.63) is 0 Å². The minimum Gasteiger partial charge on any atom is -0.359 e. The Hall–Kier alpha value is -3.15. The summed E-state index contributed by atoms with van der Waals surface area (Å²) in [5.74, 6) is 0.584. The van der Waals surface area contributed by atoms with Gasteiger partial charge in [0.05, 0.1) is 0 Å². The van der Waals surface area contributed by atoms with Crippen LogP contribution < -0.4 is 26.6 Å². The number of rotatable bonds is 20. The van der Waals surface area contributed by atoms with Crippen LogP contribution in [0.5, 0.6) is 0 Å². The lowest BCUT2D eigenvalue weighted by Crippen LogP contribution is -2.43. The maximum Gasteiger partial charge on any atom is 0.223 e. The van der Waals surface area contributed by atoms with E-state index in [2.05, 4.69) is 47.4 Å². The molecule has 4 saturated carbocycles. The average molecular weight is 742 g/mol. The molecule has 0 heterocycles. The van der Waals surface area contributed by atoms with Gasteiger partial charge in [-0.1, -0.05) is 0 Å². The molecule has 0 radical (unpaired) electrons. The van der Waals surface area contributed by atoms with Gasteiger partial charge in [-0.2, -0.15) is 0 Å². The van der Waals surface area contributed by atoms with E-state index in [-0.39, 0.29) is 94.4 Å². The van der Waals surface area contributed by atoms with E-state index in [0.29, 0.717) is 70.6 Å². The summed E-state index contributed by atoms with van der Waals surface area (Å²) in [5, 5.41) is 15.1. The standard InChI is InChI=1S/C41H67N5O7/c1-41(2,3)46-33-12-11-32(25-33)40(53)45-18-15-36(49)24-28-7-10-31(21-28)39(52)44-17-14-35(48)23-27-6-9-30(20-27)38(51)43-16-13-34(47)22-26-5-8-29(19-26)37(50)42-4/h26-33,46H,5-25H2,1-4H3,(H,42,50)(H,43,51)(H,44,52)(H,45,53). The minimum atomic E-state index is -0.146.